The van der Waals surface area contributed by atoms with E-state index in [4.69, 9.17) is 5.11 Å². The summed E-state index contributed by atoms with van der Waals surface area (Å²) >= 11 is 2.97. The summed E-state index contributed by atoms with van der Waals surface area (Å²) in [6, 6.07) is 3.82. The number of hydrogen-bond donors (Lipinski definition) is 1. The molecule has 0 unspecified atom stereocenters. The summed E-state index contributed by atoms with van der Waals surface area (Å²) in [5, 5.41) is 8.89. The summed E-state index contributed by atoms with van der Waals surface area (Å²) in [5.41, 5.74) is 0.448. The van der Waals surface area contributed by atoms with Crippen molar-refractivity contribution < 1.29 is 26.7 Å². The van der Waals surface area contributed by atoms with Gasteiger partial charge in [-0.25, -0.2) is 8.42 Å². The lowest BCUT2D eigenvalue weighted by atomic mass is 10.2. The minimum atomic E-state index is -4.61. The Kier molecular flexibility index (Phi) is 4.99. The summed E-state index contributed by atoms with van der Waals surface area (Å²) < 4.78 is 60.9. The molecule has 0 saturated heterocycles. The zero-order chi connectivity index (χ0) is 14.8. The minimum absolute atomic E-state index is 0.105. The second-order valence-electron chi connectivity index (χ2n) is 3.80. The molecule has 1 aromatic carbocycles. The zero-order valence-electron chi connectivity index (χ0n) is 9.78. The molecule has 0 heterocycles. The average Bonchev–Trinajstić information content (AvgIpc) is 2.26. The molecular weight excluding hydrogens is 351 g/mol. The quantitative estimate of drug-likeness (QED) is 0.893. The number of hydrogen-bond acceptors (Lipinski definition) is 3. The molecule has 0 saturated carbocycles. The van der Waals surface area contributed by atoms with Crippen molar-refractivity contribution in [1.29, 1.82) is 0 Å². The predicted octanol–water partition coefficient (Wildman–Crippen LogP) is 2.12. The van der Waals surface area contributed by atoms with Crippen LogP contribution in [-0.4, -0.2) is 37.6 Å². The second-order valence-corrected chi connectivity index (χ2v) is 6.67. The highest BCUT2D eigenvalue weighted by Gasteiger charge is 2.35. The molecule has 1 rings (SSSR count). The fourth-order valence-electron chi connectivity index (χ4n) is 1.36. The molecule has 0 aromatic heterocycles. The number of benzene rings is 1. The maximum atomic E-state index is 12.2. The molecule has 0 fully saturated rings. The van der Waals surface area contributed by atoms with Crippen LogP contribution in [-0.2, 0) is 16.6 Å². The van der Waals surface area contributed by atoms with Gasteiger partial charge in [0, 0.05) is 11.5 Å². The molecule has 108 valence electrons. The van der Waals surface area contributed by atoms with Crippen LogP contribution in [0.2, 0.25) is 0 Å². The standard InChI is InChI=1S/C10H11BrF3NO3S/c1-15(6-10(12,13)14)19(17,18)9-3-2-7(5-16)4-8(9)11/h2-4,16H,5-6H2,1H3. The highest BCUT2D eigenvalue weighted by Crippen LogP contribution is 2.27. The van der Waals surface area contributed by atoms with Gasteiger partial charge in [0.15, 0.2) is 0 Å². The maximum absolute atomic E-state index is 12.2. The lowest BCUT2D eigenvalue weighted by Gasteiger charge is -2.19. The Hall–Kier alpha value is -0.640. The maximum Gasteiger partial charge on any atom is 0.402 e. The van der Waals surface area contributed by atoms with Gasteiger partial charge in [-0.2, -0.15) is 17.5 Å². The fourth-order valence-corrected chi connectivity index (χ4v) is 3.59. The molecule has 0 radical (unpaired) electrons. The Morgan fingerprint density at radius 1 is 1.37 bits per heavy atom. The summed E-state index contributed by atoms with van der Waals surface area (Å²) in [6.07, 6.45) is -4.61. The van der Waals surface area contributed by atoms with Crippen molar-refractivity contribution in [3.05, 3.63) is 28.2 Å². The monoisotopic (exact) mass is 361 g/mol. The molecule has 0 aliphatic carbocycles. The van der Waals surface area contributed by atoms with E-state index < -0.39 is 22.7 Å². The number of sulfonamides is 1. The highest BCUT2D eigenvalue weighted by atomic mass is 79.9. The Morgan fingerprint density at radius 3 is 2.37 bits per heavy atom. The van der Waals surface area contributed by atoms with E-state index in [0.717, 1.165) is 13.1 Å². The topological polar surface area (TPSA) is 57.6 Å². The Labute approximate surface area is 117 Å². The van der Waals surface area contributed by atoms with Crippen molar-refractivity contribution in [2.45, 2.75) is 17.7 Å². The third kappa shape index (κ3) is 4.16. The van der Waals surface area contributed by atoms with Gasteiger partial charge in [-0.05, 0) is 33.6 Å². The zero-order valence-corrected chi connectivity index (χ0v) is 12.2. The van der Waals surface area contributed by atoms with Crippen molar-refractivity contribution in [2.75, 3.05) is 13.6 Å². The van der Waals surface area contributed by atoms with Crippen LogP contribution in [0.1, 0.15) is 5.56 Å². The van der Waals surface area contributed by atoms with Gasteiger partial charge in [-0.15, -0.1) is 0 Å². The lowest BCUT2D eigenvalue weighted by Crippen LogP contribution is -2.36. The van der Waals surface area contributed by atoms with Gasteiger partial charge < -0.3 is 5.11 Å². The Balaban J connectivity index is 3.13. The van der Waals surface area contributed by atoms with Gasteiger partial charge in [0.2, 0.25) is 10.0 Å². The Morgan fingerprint density at radius 2 is 1.95 bits per heavy atom. The van der Waals surface area contributed by atoms with Crippen LogP contribution >= 0.6 is 15.9 Å². The van der Waals surface area contributed by atoms with E-state index in [1.807, 2.05) is 0 Å². The van der Waals surface area contributed by atoms with E-state index >= 15 is 0 Å². The molecule has 0 spiro atoms. The first-order chi connectivity index (χ1) is 8.58. The molecule has 0 amide bonds. The van der Waals surface area contributed by atoms with Gasteiger partial charge >= 0.3 is 6.18 Å². The highest BCUT2D eigenvalue weighted by molar-refractivity contribution is 9.10. The van der Waals surface area contributed by atoms with E-state index in [2.05, 4.69) is 15.9 Å². The normalized spacial score (nSPS) is 13.0. The fraction of sp³-hybridized carbons (Fsp3) is 0.400. The van der Waals surface area contributed by atoms with Crippen LogP contribution in [0.4, 0.5) is 13.2 Å². The molecular formula is C10H11BrF3NO3S. The van der Waals surface area contributed by atoms with Gasteiger partial charge in [-0.1, -0.05) is 6.07 Å². The SMILES string of the molecule is CN(CC(F)(F)F)S(=O)(=O)c1ccc(CO)cc1Br. The minimum Gasteiger partial charge on any atom is -0.392 e. The molecule has 19 heavy (non-hydrogen) atoms. The number of halogens is 4. The third-order valence-electron chi connectivity index (χ3n) is 2.27. The largest absolute Gasteiger partial charge is 0.402 e. The van der Waals surface area contributed by atoms with Crippen molar-refractivity contribution in [2.24, 2.45) is 0 Å². The number of aliphatic hydroxyl groups is 1. The van der Waals surface area contributed by atoms with Gasteiger partial charge in [-0.3, -0.25) is 0 Å². The van der Waals surface area contributed by atoms with Crippen molar-refractivity contribution in [1.82, 2.24) is 4.31 Å². The van der Waals surface area contributed by atoms with Gasteiger partial charge in [0.05, 0.1) is 11.5 Å². The van der Waals surface area contributed by atoms with Crippen LogP contribution in [0.5, 0.6) is 0 Å². The molecule has 0 bridgehead atoms. The summed E-state index contributed by atoms with van der Waals surface area (Å²) in [4.78, 5) is -0.281. The number of alkyl halides is 3. The first-order valence-electron chi connectivity index (χ1n) is 5.00. The van der Waals surface area contributed by atoms with E-state index in [1.54, 1.807) is 0 Å². The van der Waals surface area contributed by atoms with E-state index in [9.17, 15) is 21.6 Å². The molecule has 1 N–H and O–H groups in total. The number of rotatable bonds is 4. The van der Waals surface area contributed by atoms with Crippen molar-refractivity contribution in [3.63, 3.8) is 0 Å². The van der Waals surface area contributed by atoms with Crippen LogP contribution in [0, 0.1) is 0 Å². The van der Waals surface area contributed by atoms with Crippen LogP contribution in [0.3, 0.4) is 0 Å². The molecule has 9 heteroatoms. The predicted molar refractivity (Wildman–Crippen MR) is 65.9 cm³/mol. The molecule has 0 aliphatic heterocycles. The summed E-state index contributed by atoms with van der Waals surface area (Å²) in [6.45, 7) is -1.86. The molecule has 0 atom stereocenters. The van der Waals surface area contributed by atoms with Crippen molar-refractivity contribution in [3.8, 4) is 0 Å². The number of nitrogens with zero attached hydrogens (tertiary/aromatic N) is 1. The van der Waals surface area contributed by atoms with Gasteiger partial charge in [0.1, 0.15) is 6.54 Å². The van der Waals surface area contributed by atoms with Crippen LogP contribution < -0.4 is 0 Å². The summed E-state index contributed by atoms with van der Waals surface area (Å²) in [7, 11) is -3.39. The first kappa shape index (κ1) is 16.4. The third-order valence-corrected chi connectivity index (χ3v) is 5.05. The van der Waals surface area contributed by atoms with Crippen molar-refractivity contribution >= 4 is 26.0 Å². The lowest BCUT2D eigenvalue weighted by molar-refractivity contribution is -0.134. The average molecular weight is 362 g/mol. The molecule has 0 aliphatic rings. The summed E-state index contributed by atoms with van der Waals surface area (Å²) in [5.74, 6) is 0. The van der Waals surface area contributed by atoms with E-state index in [1.165, 1.54) is 12.1 Å². The van der Waals surface area contributed by atoms with E-state index in [0.29, 0.717) is 5.56 Å². The van der Waals surface area contributed by atoms with E-state index in [-0.39, 0.29) is 20.3 Å². The van der Waals surface area contributed by atoms with Crippen LogP contribution in [0.15, 0.2) is 27.6 Å². The van der Waals surface area contributed by atoms with Gasteiger partial charge in [0.25, 0.3) is 0 Å². The molecule has 1 aromatic rings. The second kappa shape index (κ2) is 5.78. The Bertz CT molecular complexity index is 560. The van der Waals surface area contributed by atoms with Crippen LogP contribution in [0.25, 0.3) is 0 Å². The smallest absolute Gasteiger partial charge is 0.392 e. The first-order valence-corrected chi connectivity index (χ1v) is 7.23. The molecule has 4 nitrogen and oxygen atoms in total. The number of aliphatic hydroxyl groups excluding tert-OH is 1.